The predicted octanol–water partition coefficient (Wildman–Crippen LogP) is 4.45. The summed E-state index contributed by atoms with van der Waals surface area (Å²) in [5, 5.41) is 14.8. The third-order valence-electron chi connectivity index (χ3n) is 3.22. The van der Waals surface area contributed by atoms with E-state index in [0.29, 0.717) is 16.3 Å². The first-order valence-electron chi connectivity index (χ1n) is 7.28. The van der Waals surface area contributed by atoms with Gasteiger partial charge in [-0.15, -0.1) is 11.3 Å². The van der Waals surface area contributed by atoms with Crippen LogP contribution < -0.4 is 5.32 Å². The minimum absolute atomic E-state index is 0.0307. The summed E-state index contributed by atoms with van der Waals surface area (Å²) in [7, 11) is 0. The Kier molecular flexibility index (Phi) is 5.33. The number of esters is 1. The van der Waals surface area contributed by atoms with E-state index >= 15 is 0 Å². The molecule has 0 aliphatic carbocycles. The molecule has 122 valence electrons. The van der Waals surface area contributed by atoms with Gasteiger partial charge in [-0.3, -0.25) is 10.1 Å². The molecular formula is C16H18N2O4S. The van der Waals surface area contributed by atoms with Crippen LogP contribution in [-0.2, 0) is 11.2 Å². The van der Waals surface area contributed by atoms with Crippen molar-refractivity contribution < 1.29 is 14.5 Å². The lowest BCUT2D eigenvalue weighted by Gasteiger charge is -2.08. The van der Waals surface area contributed by atoms with E-state index in [1.165, 1.54) is 17.4 Å². The van der Waals surface area contributed by atoms with Gasteiger partial charge in [-0.25, -0.2) is 4.79 Å². The molecule has 0 bridgehead atoms. The zero-order chi connectivity index (χ0) is 17.0. The first-order valence-corrected chi connectivity index (χ1v) is 8.09. The molecule has 0 saturated carbocycles. The van der Waals surface area contributed by atoms with Gasteiger partial charge in [-0.05, 0) is 38.0 Å². The molecule has 2 aromatic rings. The standard InChI is InChI=1S/C16H18N2O4S/c1-4-11-9-12(16(19)22-5-2)15(23-11)17-13-8-10(3)6-7-14(13)18(20)21/h6-9,17H,4-5H2,1-3H3. The Balaban J connectivity index is 2.44. The molecule has 0 radical (unpaired) electrons. The fourth-order valence-corrected chi connectivity index (χ4v) is 3.10. The molecular weight excluding hydrogens is 316 g/mol. The molecule has 0 unspecified atom stereocenters. The Hall–Kier alpha value is -2.41. The van der Waals surface area contributed by atoms with Gasteiger partial charge in [0.05, 0.1) is 17.1 Å². The van der Waals surface area contributed by atoms with Crippen LogP contribution in [0.1, 0.15) is 34.6 Å². The number of ether oxygens (including phenoxy) is 1. The summed E-state index contributed by atoms with van der Waals surface area (Å²) in [6, 6.07) is 6.60. The van der Waals surface area contributed by atoms with Gasteiger partial charge >= 0.3 is 5.97 Å². The minimum atomic E-state index is -0.444. The highest BCUT2D eigenvalue weighted by Gasteiger charge is 2.20. The molecule has 1 heterocycles. The average molecular weight is 334 g/mol. The zero-order valence-electron chi connectivity index (χ0n) is 13.2. The van der Waals surface area contributed by atoms with E-state index in [-0.39, 0.29) is 12.3 Å². The van der Waals surface area contributed by atoms with Crippen molar-refractivity contribution in [3.63, 3.8) is 0 Å². The van der Waals surface area contributed by atoms with E-state index in [1.807, 2.05) is 13.8 Å². The minimum Gasteiger partial charge on any atom is -0.462 e. The maximum Gasteiger partial charge on any atom is 0.341 e. The summed E-state index contributed by atoms with van der Waals surface area (Å²) in [5.74, 6) is -0.429. The number of nitrogens with zero attached hydrogens (tertiary/aromatic N) is 1. The number of carbonyl (C=O) groups is 1. The van der Waals surface area contributed by atoms with Gasteiger partial charge in [-0.1, -0.05) is 13.0 Å². The maximum absolute atomic E-state index is 12.1. The van der Waals surface area contributed by atoms with Crippen LogP contribution in [0.4, 0.5) is 16.4 Å². The van der Waals surface area contributed by atoms with Crippen LogP contribution in [0.5, 0.6) is 0 Å². The summed E-state index contributed by atoms with van der Waals surface area (Å²) < 4.78 is 5.06. The highest BCUT2D eigenvalue weighted by Crippen LogP contribution is 2.35. The quantitative estimate of drug-likeness (QED) is 0.479. The number of rotatable bonds is 6. The number of nitrogens with one attached hydrogen (secondary N) is 1. The van der Waals surface area contributed by atoms with Gasteiger partial charge in [0.15, 0.2) is 0 Å². The van der Waals surface area contributed by atoms with Crippen molar-refractivity contribution in [2.45, 2.75) is 27.2 Å². The molecule has 6 nitrogen and oxygen atoms in total. The number of aryl methyl sites for hydroxylation is 2. The maximum atomic E-state index is 12.1. The number of nitro benzene ring substituents is 1. The first-order chi connectivity index (χ1) is 11.0. The molecule has 2 rings (SSSR count). The second-order valence-corrected chi connectivity index (χ2v) is 6.07. The summed E-state index contributed by atoms with van der Waals surface area (Å²) in [6.07, 6.45) is 0.772. The number of nitro groups is 1. The zero-order valence-corrected chi connectivity index (χ0v) is 14.0. The number of carbonyl (C=O) groups excluding carboxylic acids is 1. The summed E-state index contributed by atoms with van der Waals surface area (Å²) >= 11 is 1.40. The first kappa shape index (κ1) is 17.0. The van der Waals surface area contributed by atoms with Gasteiger partial charge in [0.2, 0.25) is 0 Å². The summed E-state index contributed by atoms with van der Waals surface area (Å²) in [4.78, 5) is 23.8. The highest BCUT2D eigenvalue weighted by molar-refractivity contribution is 7.16. The molecule has 7 heteroatoms. The van der Waals surface area contributed by atoms with E-state index in [9.17, 15) is 14.9 Å². The van der Waals surface area contributed by atoms with Crippen LogP contribution in [-0.4, -0.2) is 17.5 Å². The van der Waals surface area contributed by atoms with Crippen LogP contribution in [0.25, 0.3) is 0 Å². The topological polar surface area (TPSA) is 81.5 Å². The van der Waals surface area contributed by atoms with Crippen molar-refractivity contribution in [3.05, 3.63) is 50.4 Å². The van der Waals surface area contributed by atoms with Crippen LogP contribution in [0, 0.1) is 17.0 Å². The van der Waals surface area contributed by atoms with Crippen molar-refractivity contribution >= 4 is 33.7 Å². The number of hydrogen-bond donors (Lipinski definition) is 1. The van der Waals surface area contributed by atoms with Crippen LogP contribution in [0.3, 0.4) is 0 Å². The van der Waals surface area contributed by atoms with Gasteiger partial charge in [-0.2, -0.15) is 0 Å². The molecule has 1 aromatic heterocycles. The molecule has 0 amide bonds. The number of benzene rings is 1. The van der Waals surface area contributed by atoms with Crippen molar-refractivity contribution in [1.82, 2.24) is 0 Å². The van der Waals surface area contributed by atoms with Crippen LogP contribution in [0.2, 0.25) is 0 Å². The summed E-state index contributed by atoms with van der Waals surface area (Å²) in [5.41, 5.74) is 1.63. The van der Waals surface area contributed by atoms with Gasteiger partial charge < -0.3 is 10.1 Å². The summed E-state index contributed by atoms with van der Waals surface area (Å²) in [6.45, 7) is 5.86. The van der Waals surface area contributed by atoms with Gasteiger partial charge in [0.1, 0.15) is 10.7 Å². The Morgan fingerprint density at radius 3 is 2.70 bits per heavy atom. The fraction of sp³-hybridized carbons (Fsp3) is 0.312. The van der Waals surface area contributed by atoms with Gasteiger partial charge in [0.25, 0.3) is 5.69 Å². The third kappa shape index (κ3) is 3.87. The smallest absolute Gasteiger partial charge is 0.341 e. The monoisotopic (exact) mass is 334 g/mol. The molecule has 23 heavy (non-hydrogen) atoms. The second-order valence-electron chi connectivity index (χ2n) is 4.93. The lowest BCUT2D eigenvalue weighted by molar-refractivity contribution is -0.383. The molecule has 0 atom stereocenters. The Morgan fingerprint density at radius 1 is 1.35 bits per heavy atom. The lowest BCUT2D eigenvalue weighted by atomic mass is 10.2. The van der Waals surface area contributed by atoms with E-state index in [2.05, 4.69) is 5.32 Å². The van der Waals surface area contributed by atoms with Gasteiger partial charge in [0, 0.05) is 10.9 Å². The van der Waals surface area contributed by atoms with Crippen LogP contribution >= 0.6 is 11.3 Å². The molecule has 1 N–H and O–H groups in total. The Labute approximate surface area is 138 Å². The number of hydrogen-bond acceptors (Lipinski definition) is 6. The van der Waals surface area contributed by atoms with E-state index in [0.717, 1.165) is 16.9 Å². The SMILES string of the molecule is CCOC(=O)c1cc(CC)sc1Nc1cc(C)ccc1[N+](=O)[O-]. The van der Waals surface area contributed by atoms with E-state index < -0.39 is 10.9 Å². The van der Waals surface area contributed by atoms with Crippen LogP contribution in [0.15, 0.2) is 24.3 Å². The van der Waals surface area contributed by atoms with Crippen molar-refractivity contribution in [1.29, 1.82) is 0 Å². The van der Waals surface area contributed by atoms with Crippen molar-refractivity contribution in [2.75, 3.05) is 11.9 Å². The number of thiophene rings is 1. The lowest BCUT2D eigenvalue weighted by Crippen LogP contribution is -2.06. The second kappa shape index (κ2) is 7.23. The predicted molar refractivity (Wildman–Crippen MR) is 90.8 cm³/mol. The normalized spacial score (nSPS) is 10.4. The molecule has 0 spiro atoms. The largest absolute Gasteiger partial charge is 0.462 e. The molecule has 1 aromatic carbocycles. The van der Waals surface area contributed by atoms with Crippen molar-refractivity contribution in [2.24, 2.45) is 0 Å². The van der Waals surface area contributed by atoms with E-state index in [1.54, 1.807) is 25.1 Å². The highest BCUT2D eigenvalue weighted by atomic mass is 32.1. The Morgan fingerprint density at radius 2 is 2.09 bits per heavy atom. The average Bonchev–Trinajstić information content (AvgIpc) is 2.90. The molecule has 0 fully saturated rings. The molecule has 0 saturated heterocycles. The van der Waals surface area contributed by atoms with E-state index in [4.69, 9.17) is 4.74 Å². The fourth-order valence-electron chi connectivity index (χ4n) is 2.10. The number of anilines is 2. The Bertz CT molecular complexity index is 740. The van der Waals surface area contributed by atoms with Crippen molar-refractivity contribution in [3.8, 4) is 0 Å². The molecule has 0 aliphatic heterocycles. The molecule has 0 aliphatic rings. The third-order valence-corrected chi connectivity index (χ3v) is 4.42.